The highest BCUT2D eigenvalue weighted by Gasteiger charge is 2.62. The molecule has 4 unspecified atom stereocenters. The van der Waals surface area contributed by atoms with E-state index in [0.717, 1.165) is 41.5 Å². The fourth-order valence-corrected chi connectivity index (χ4v) is 4.86. The largest absolute Gasteiger partial charge is 0.509 e. The molecule has 68 heavy (non-hydrogen) atoms. The lowest BCUT2D eigenvalue weighted by Crippen LogP contribution is -2.48. The van der Waals surface area contributed by atoms with E-state index in [2.05, 4.69) is 23.7 Å². The Morgan fingerprint density at radius 2 is 0.691 bits per heavy atom. The minimum Gasteiger partial charge on any atom is -0.459 e. The van der Waals surface area contributed by atoms with E-state index in [1.165, 1.54) is 34.6 Å². The molecule has 0 aromatic carbocycles. The number of halogens is 18. The zero-order valence-electron chi connectivity index (χ0n) is 37.5. The van der Waals surface area contributed by atoms with Gasteiger partial charge in [-0.1, -0.05) is 13.8 Å². The molecule has 0 spiro atoms. The molecule has 0 saturated heterocycles. The van der Waals surface area contributed by atoms with Crippen molar-refractivity contribution in [1.82, 2.24) is 0 Å². The van der Waals surface area contributed by atoms with Gasteiger partial charge < -0.3 is 33.2 Å². The van der Waals surface area contributed by atoms with Gasteiger partial charge in [0, 0.05) is 12.8 Å². The summed E-state index contributed by atoms with van der Waals surface area (Å²) >= 11 is 0. The number of carbonyl (C=O) groups is 6. The molecule has 0 amide bonds. The van der Waals surface area contributed by atoms with Crippen molar-refractivity contribution in [2.75, 3.05) is 13.2 Å². The van der Waals surface area contributed by atoms with Gasteiger partial charge in [0.1, 0.15) is 11.2 Å². The maximum atomic E-state index is 12.8. The van der Waals surface area contributed by atoms with Crippen LogP contribution in [0, 0.1) is 29.1 Å². The van der Waals surface area contributed by atoms with Crippen LogP contribution in [0.5, 0.6) is 0 Å². The van der Waals surface area contributed by atoms with Crippen LogP contribution in [0.15, 0.2) is 0 Å². The van der Waals surface area contributed by atoms with Gasteiger partial charge in [0.15, 0.2) is 13.2 Å². The van der Waals surface area contributed by atoms with Crippen LogP contribution >= 0.6 is 0 Å². The van der Waals surface area contributed by atoms with Gasteiger partial charge in [0.05, 0.1) is 35.2 Å². The van der Waals surface area contributed by atoms with Gasteiger partial charge >= 0.3 is 73.1 Å². The lowest BCUT2D eigenvalue weighted by molar-refractivity contribution is -0.315. The third-order valence-electron chi connectivity index (χ3n) is 8.07. The first-order valence-corrected chi connectivity index (χ1v) is 19.0. The molecule has 0 rings (SSSR count). The van der Waals surface area contributed by atoms with Gasteiger partial charge in [0.25, 0.3) is 12.2 Å². The summed E-state index contributed by atoms with van der Waals surface area (Å²) in [5, 5.41) is 0. The Balaban J connectivity index is 0. The van der Waals surface area contributed by atoms with Gasteiger partial charge in [-0.05, 0) is 62.3 Å². The molecular weight excluding hydrogens is 994 g/mol. The Bertz CT molecular complexity index is 1660. The maximum absolute atomic E-state index is 12.8. The zero-order valence-corrected chi connectivity index (χ0v) is 37.5. The van der Waals surface area contributed by atoms with E-state index in [1.54, 1.807) is 0 Å². The van der Waals surface area contributed by atoms with Crippen molar-refractivity contribution in [3.8, 4) is 0 Å². The van der Waals surface area contributed by atoms with Crippen molar-refractivity contribution in [2.45, 2.75) is 156 Å². The molecule has 4 atom stereocenters. The molecule has 0 bridgehead atoms. The average Bonchev–Trinajstić information content (AvgIpc) is 3.07. The molecular formula is C37H48F18O13. The van der Waals surface area contributed by atoms with Crippen molar-refractivity contribution in [3.63, 3.8) is 0 Å². The number of alkyl halides is 18. The van der Waals surface area contributed by atoms with E-state index < -0.39 is 158 Å². The summed E-state index contributed by atoms with van der Waals surface area (Å²) in [6.07, 6.45) is -47.3. The van der Waals surface area contributed by atoms with Crippen LogP contribution < -0.4 is 0 Å². The Labute approximate surface area is 375 Å². The summed E-state index contributed by atoms with van der Waals surface area (Å²) in [4.78, 5) is 72.5. The predicted octanol–water partition coefficient (Wildman–Crippen LogP) is 10.2. The fourth-order valence-electron chi connectivity index (χ4n) is 4.86. The normalized spacial score (nSPS) is 15.3. The van der Waals surface area contributed by atoms with Crippen LogP contribution in [0.2, 0.25) is 0 Å². The molecule has 0 heterocycles. The van der Waals surface area contributed by atoms with Gasteiger partial charge in [-0.25, -0.2) is 4.79 Å². The van der Waals surface area contributed by atoms with E-state index in [9.17, 15) is 108 Å². The maximum Gasteiger partial charge on any atom is 0.509 e. The minimum absolute atomic E-state index is 0.695. The summed E-state index contributed by atoms with van der Waals surface area (Å²) in [7, 11) is 0. The smallest absolute Gasteiger partial charge is 0.459 e. The highest BCUT2D eigenvalue weighted by atomic mass is 19.4. The van der Waals surface area contributed by atoms with Crippen LogP contribution in [0.4, 0.5) is 83.8 Å². The quantitative estimate of drug-likeness (QED) is 0.0768. The minimum atomic E-state index is -6.09. The number of ether oxygens (including phenoxy) is 7. The summed E-state index contributed by atoms with van der Waals surface area (Å²) in [6.45, 7) is 8.73. The second-order valence-corrected chi connectivity index (χ2v) is 17.1. The topological polar surface area (TPSA) is 167 Å². The van der Waals surface area contributed by atoms with Crippen LogP contribution in [0.3, 0.4) is 0 Å². The van der Waals surface area contributed by atoms with E-state index in [0.29, 0.717) is 0 Å². The molecule has 0 aliphatic carbocycles. The van der Waals surface area contributed by atoms with Crippen LogP contribution in [-0.2, 0) is 57.1 Å². The molecule has 0 radical (unpaired) electrons. The van der Waals surface area contributed by atoms with Crippen molar-refractivity contribution >= 4 is 36.0 Å². The van der Waals surface area contributed by atoms with Gasteiger partial charge in [-0.2, -0.15) is 79.0 Å². The third kappa shape index (κ3) is 25.6. The van der Waals surface area contributed by atoms with Crippen LogP contribution in [0.1, 0.15) is 89.0 Å². The van der Waals surface area contributed by atoms with Crippen molar-refractivity contribution < 1.29 is 141 Å². The van der Waals surface area contributed by atoms with E-state index >= 15 is 0 Å². The molecule has 0 fully saturated rings. The van der Waals surface area contributed by atoms with Crippen molar-refractivity contribution in [1.29, 1.82) is 0 Å². The van der Waals surface area contributed by atoms with E-state index in [-0.39, 0.29) is 0 Å². The molecule has 0 N–H and O–H groups in total. The summed E-state index contributed by atoms with van der Waals surface area (Å²) in [5.74, 6) is -17.3. The van der Waals surface area contributed by atoms with Gasteiger partial charge in [-0.3, -0.25) is 24.0 Å². The van der Waals surface area contributed by atoms with Crippen molar-refractivity contribution in [2.24, 2.45) is 29.1 Å². The number of rotatable bonds is 17. The number of carbonyl (C=O) groups excluding carboxylic acids is 6. The number of esters is 5. The Morgan fingerprint density at radius 1 is 0.412 bits per heavy atom. The monoisotopic (exact) mass is 1040 g/mol. The summed E-state index contributed by atoms with van der Waals surface area (Å²) in [5.41, 5.74) is -4.74. The molecule has 0 saturated carbocycles. The SMILES string of the molecule is CC(C(=O)OCC(F)(F)F)C(CC(C)(C)OC(=O)C(C)(C)C)C(=O)OC(C(F)(F)F)C(F)(F)F.CC(C)OC(=O)OC(C)(C)CC(C(=O)OC(C(F)(F)F)C(F)(F)F)C(C)C(=O)OCC(F)(F)F. The molecule has 0 aliphatic heterocycles. The highest BCUT2D eigenvalue weighted by Crippen LogP contribution is 2.40. The number of hydrogen-bond donors (Lipinski definition) is 0. The summed E-state index contributed by atoms with van der Waals surface area (Å²) in [6, 6.07) is 0. The lowest BCUT2D eigenvalue weighted by Gasteiger charge is -2.34. The third-order valence-corrected chi connectivity index (χ3v) is 8.07. The molecule has 0 aromatic heterocycles. The molecule has 400 valence electrons. The molecule has 0 aliphatic rings. The van der Waals surface area contributed by atoms with Gasteiger partial charge in [0.2, 0.25) is 0 Å². The van der Waals surface area contributed by atoms with Gasteiger partial charge in [-0.15, -0.1) is 0 Å². The molecule has 0 aromatic rings. The Kier molecular flexibility index (Phi) is 22.9. The van der Waals surface area contributed by atoms with E-state index in [4.69, 9.17) is 9.47 Å². The average molecular weight is 1040 g/mol. The summed E-state index contributed by atoms with van der Waals surface area (Å²) < 4.78 is 257. The fraction of sp³-hybridized carbons (Fsp3) is 0.838. The highest BCUT2D eigenvalue weighted by molar-refractivity contribution is 5.83. The lowest BCUT2D eigenvalue weighted by atomic mass is 9.84. The first-order valence-electron chi connectivity index (χ1n) is 19.0. The first kappa shape index (κ1) is 65.4. The van der Waals surface area contributed by atoms with E-state index in [1.807, 2.05) is 0 Å². The Hall–Kier alpha value is -4.64. The standard InChI is InChI=1S/C19H25F9O6.C18H23F9O7/c1-9(11(29)32-8-17(20,21)22)10(7-16(5,6)34-14(31)15(2,3)4)12(30)33-13(18(23,24)25)19(26,27)28;1-8(2)32-14(30)34-15(4,5)6-10(9(3)11(28)31-7-16(19,20)21)12(29)33-13(17(22,23)24)18(25,26)27/h9-10,13H,7-8H2,1-6H3;8-10,13H,6-7H2,1-5H3. The first-order chi connectivity index (χ1) is 29.7. The Morgan fingerprint density at radius 3 is 0.926 bits per heavy atom. The van der Waals surface area contributed by atoms with Crippen molar-refractivity contribution in [3.05, 3.63) is 0 Å². The van der Waals surface area contributed by atoms with Crippen LogP contribution in [0.25, 0.3) is 0 Å². The molecule has 13 nitrogen and oxygen atoms in total. The second-order valence-electron chi connectivity index (χ2n) is 17.1. The predicted molar refractivity (Wildman–Crippen MR) is 189 cm³/mol. The number of hydrogen-bond acceptors (Lipinski definition) is 13. The second kappa shape index (κ2) is 23.8. The molecule has 31 heteroatoms. The van der Waals surface area contributed by atoms with Crippen LogP contribution in [-0.4, -0.2) is 116 Å². The zero-order chi connectivity index (χ0) is 54.8.